The van der Waals surface area contributed by atoms with Crippen molar-refractivity contribution in [1.29, 1.82) is 0 Å². The molecule has 2 saturated heterocycles. The van der Waals surface area contributed by atoms with E-state index in [1.165, 1.54) is 72.5 Å². The summed E-state index contributed by atoms with van der Waals surface area (Å²) in [5.74, 6) is 2.83. The van der Waals surface area contributed by atoms with E-state index in [0.29, 0.717) is 5.92 Å². The van der Waals surface area contributed by atoms with Gasteiger partial charge in [0, 0.05) is 41.4 Å². The number of nitrogens with zero attached hydrogens (tertiary/aromatic N) is 5. The molecule has 7 heteroatoms. The first-order valence-electron chi connectivity index (χ1n) is 11.7. The van der Waals surface area contributed by atoms with Gasteiger partial charge in [0.05, 0.1) is 0 Å². The van der Waals surface area contributed by atoms with E-state index in [1.807, 2.05) is 23.1 Å². The molecule has 2 aliphatic rings. The number of benzene rings is 1. The molecule has 31 heavy (non-hydrogen) atoms. The molecule has 2 aliphatic heterocycles. The summed E-state index contributed by atoms with van der Waals surface area (Å²) in [6.07, 6.45) is 6.48. The van der Waals surface area contributed by atoms with Gasteiger partial charge in [-0.05, 0) is 69.4 Å². The van der Waals surface area contributed by atoms with Gasteiger partial charge in [-0.15, -0.1) is 21.5 Å². The Bertz CT molecular complexity index is 950. The van der Waals surface area contributed by atoms with Gasteiger partial charge in [-0.3, -0.25) is 4.90 Å². The van der Waals surface area contributed by atoms with Crippen molar-refractivity contribution in [3.05, 3.63) is 41.0 Å². The van der Waals surface area contributed by atoms with Crippen LogP contribution in [0.1, 0.15) is 48.7 Å². The number of piperidine rings is 2. The standard InChI is InChI=1S/C24H33N5S2/c1-27-23(25-26-24(27)30-16-15-28-11-5-2-6-12-28)19-9-13-29(14-10-19)18-21-17-20-7-3-4-8-22(20)31-21/h3-4,7-8,17,19H,2,5-6,9-16,18H2,1H3. The summed E-state index contributed by atoms with van der Waals surface area (Å²) >= 11 is 3.81. The highest BCUT2D eigenvalue weighted by atomic mass is 32.2. The average molecular weight is 456 g/mol. The maximum atomic E-state index is 4.60. The van der Waals surface area contributed by atoms with Crippen molar-refractivity contribution in [2.24, 2.45) is 7.05 Å². The van der Waals surface area contributed by atoms with Crippen LogP contribution in [0, 0.1) is 0 Å². The number of thiophene rings is 1. The van der Waals surface area contributed by atoms with Crippen LogP contribution in [0.15, 0.2) is 35.5 Å². The zero-order chi connectivity index (χ0) is 21.0. The van der Waals surface area contributed by atoms with Gasteiger partial charge >= 0.3 is 0 Å². The first kappa shape index (κ1) is 21.4. The first-order valence-corrected chi connectivity index (χ1v) is 13.5. The molecule has 0 radical (unpaired) electrons. The van der Waals surface area contributed by atoms with Crippen molar-refractivity contribution in [2.75, 3.05) is 38.5 Å². The zero-order valence-electron chi connectivity index (χ0n) is 18.5. The zero-order valence-corrected chi connectivity index (χ0v) is 20.1. The van der Waals surface area contributed by atoms with E-state index < -0.39 is 0 Å². The van der Waals surface area contributed by atoms with Crippen molar-refractivity contribution < 1.29 is 0 Å². The fourth-order valence-corrected chi connectivity index (χ4v) is 6.97. The monoisotopic (exact) mass is 455 g/mol. The highest BCUT2D eigenvalue weighted by Crippen LogP contribution is 2.31. The third-order valence-corrected chi connectivity index (χ3v) is 8.87. The molecule has 4 heterocycles. The van der Waals surface area contributed by atoms with Crippen LogP contribution >= 0.6 is 23.1 Å². The summed E-state index contributed by atoms with van der Waals surface area (Å²) in [4.78, 5) is 6.68. The van der Waals surface area contributed by atoms with Crippen LogP contribution in [0.5, 0.6) is 0 Å². The molecule has 0 aliphatic carbocycles. The lowest BCUT2D eigenvalue weighted by Gasteiger charge is -2.31. The summed E-state index contributed by atoms with van der Waals surface area (Å²) in [6.45, 7) is 7.06. The van der Waals surface area contributed by atoms with Crippen molar-refractivity contribution in [3.63, 3.8) is 0 Å². The lowest BCUT2D eigenvalue weighted by molar-refractivity contribution is 0.202. The number of fused-ring (bicyclic) bond motifs is 1. The van der Waals surface area contributed by atoms with Gasteiger partial charge in [0.1, 0.15) is 5.82 Å². The number of hydrogen-bond acceptors (Lipinski definition) is 6. The summed E-state index contributed by atoms with van der Waals surface area (Å²) in [6, 6.07) is 11.1. The molecule has 0 bridgehead atoms. The van der Waals surface area contributed by atoms with Gasteiger partial charge in [-0.2, -0.15) is 0 Å². The Morgan fingerprint density at radius 2 is 1.81 bits per heavy atom. The molecule has 0 atom stereocenters. The Morgan fingerprint density at radius 1 is 1.00 bits per heavy atom. The summed E-state index contributed by atoms with van der Waals surface area (Å²) < 4.78 is 3.66. The van der Waals surface area contributed by atoms with Crippen LogP contribution in [-0.2, 0) is 13.6 Å². The van der Waals surface area contributed by atoms with Gasteiger partial charge < -0.3 is 9.47 Å². The van der Waals surface area contributed by atoms with E-state index in [2.05, 4.69) is 61.9 Å². The van der Waals surface area contributed by atoms with E-state index in [4.69, 9.17) is 0 Å². The molecule has 5 rings (SSSR count). The minimum atomic E-state index is 0.535. The lowest BCUT2D eigenvalue weighted by atomic mass is 9.96. The van der Waals surface area contributed by atoms with E-state index in [1.54, 1.807) is 0 Å². The van der Waals surface area contributed by atoms with E-state index in [9.17, 15) is 0 Å². The molecule has 0 amide bonds. The molecule has 0 saturated carbocycles. The van der Waals surface area contributed by atoms with Crippen LogP contribution in [0.2, 0.25) is 0 Å². The fourth-order valence-electron chi connectivity index (χ4n) is 4.94. The third-order valence-electron chi connectivity index (χ3n) is 6.76. The van der Waals surface area contributed by atoms with Crippen molar-refractivity contribution in [2.45, 2.75) is 49.7 Å². The molecule has 0 N–H and O–H groups in total. The molecule has 1 aromatic carbocycles. The molecule has 0 spiro atoms. The molecule has 2 aromatic heterocycles. The minimum Gasteiger partial charge on any atom is -0.309 e. The predicted molar refractivity (Wildman–Crippen MR) is 131 cm³/mol. The lowest BCUT2D eigenvalue weighted by Crippen LogP contribution is -2.33. The maximum absolute atomic E-state index is 4.60. The van der Waals surface area contributed by atoms with Gasteiger partial charge in [-0.1, -0.05) is 36.4 Å². The smallest absolute Gasteiger partial charge is 0.191 e. The minimum absolute atomic E-state index is 0.535. The SMILES string of the molecule is Cn1c(SCCN2CCCCC2)nnc1C1CCN(Cc2cc3ccccc3s2)CC1. The van der Waals surface area contributed by atoms with E-state index in [0.717, 1.165) is 30.5 Å². The Balaban J connectivity index is 1.11. The number of rotatable bonds is 7. The van der Waals surface area contributed by atoms with Crippen LogP contribution in [-0.4, -0.2) is 63.0 Å². The second kappa shape index (κ2) is 10.0. The molecule has 2 fully saturated rings. The highest BCUT2D eigenvalue weighted by Gasteiger charge is 2.25. The Kier molecular flexibility index (Phi) is 6.93. The third kappa shape index (κ3) is 5.16. The Hall–Kier alpha value is -1.41. The number of aromatic nitrogens is 3. The maximum Gasteiger partial charge on any atom is 0.191 e. The second-order valence-corrected chi connectivity index (χ2v) is 11.2. The summed E-state index contributed by atoms with van der Waals surface area (Å²) in [5, 5.41) is 11.6. The molecule has 0 unspecified atom stereocenters. The van der Waals surface area contributed by atoms with Crippen LogP contribution in [0.4, 0.5) is 0 Å². The number of thioether (sulfide) groups is 1. The normalized spacial score (nSPS) is 19.4. The number of hydrogen-bond donors (Lipinski definition) is 0. The Labute approximate surface area is 193 Å². The average Bonchev–Trinajstić information content (AvgIpc) is 3.38. The van der Waals surface area contributed by atoms with Gasteiger partial charge in [-0.25, -0.2) is 0 Å². The Morgan fingerprint density at radius 3 is 2.61 bits per heavy atom. The fraction of sp³-hybridized carbons (Fsp3) is 0.583. The molecular weight excluding hydrogens is 422 g/mol. The van der Waals surface area contributed by atoms with Crippen molar-refractivity contribution >= 4 is 33.2 Å². The highest BCUT2D eigenvalue weighted by molar-refractivity contribution is 7.99. The van der Waals surface area contributed by atoms with E-state index in [-0.39, 0.29) is 0 Å². The largest absolute Gasteiger partial charge is 0.309 e. The topological polar surface area (TPSA) is 37.2 Å². The van der Waals surface area contributed by atoms with Crippen LogP contribution in [0.3, 0.4) is 0 Å². The van der Waals surface area contributed by atoms with E-state index >= 15 is 0 Å². The molecule has 5 nitrogen and oxygen atoms in total. The van der Waals surface area contributed by atoms with Crippen molar-refractivity contribution in [3.8, 4) is 0 Å². The first-order chi connectivity index (χ1) is 15.3. The number of likely N-dealkylation sites (tertiary alicyclic amines) is 2. The quantitative estimate of drug-likeness (QED) is 0.469. The second-order valence-electron chi connectivity index (χ2n) is 8.95. The molecular formula is C24H33N5S2. The van der Waals surface area contributed by atoms with Gasteiger partial charge in [0.15, 0.2) is 5.16 Å². The summed E-state index contributed by atoms with van der Waals surface area (Å²) in [5.41, 5.74) is 0. The molecule has 166 valence electrons. The summed E-state index contributed by atoms with van der Waals surface area (Å²) in [7, 11) is 2.15. The van der Waals surface area contributed by atoms with Gasteiger partial charge in [0.2, 0.25) is 0 Å². The van der Waals surface area contributed by atoms with Crippen molar-refractivity contribution in [1.82, 2.24) is 24.6 Å². The molecule has 3 aromatic rings. The van der Waals surface area contributed by atoms with Crippen LogP contribution < -0.4 is 0 Å². The van der Waals surface area contributed by atoms with Crippen LogP contribution in [0.25, 0.3) is 10.1 Å². The predicted octanol–water partition coefficient (Wildman–Crippen LogP) is 4.99. The van der Waals surface area contributed by atoms with Gasteiger partial charge in [0.25, 0.3) is 0 Å².